The van der Waals surface area contributed by atoms with Crippen LogP contribution in [0.4, 0.5) is 5.69 Å². The molecule has 6 heteroatoms. The van der Waals surface area contributed by atoms with E-state index in [4.69, 9.17) is 16.7 Å². The summed E-state index contributed by atoms with van der Waals surface area (Å²) in [7, 11) is -2.06. The van der Waals surface area contributed by atoms with Gasteiger partial charge >= 0.3 is 0 Å². The maximum Gasteiger partial charge on any atom is 0.239 e. The van der Waals surface area contributed by atoms with Gasteiger partial charge in [-0.15, -0.1) is 0 Å². The smallest absolute Gasteiger partial charge is 0.239 e. The van der Waals surface area contributed by atoms with Gasteiger partial charge in [-0.3, -0.25) is 0 Å². The minimum Gasteiger partial charge on any atom is -0.388 e. The fourth-order valence-corrected chi connectivity index (χ4v) is 1.95. The molecule has 4 nitrogen and oxygen atoms in total. The van der Waals surface area contributed by atoms with Crippen molar-refractivity contribution in [2.75, 3.05) is 12.4 Å². The summed E-state index contributed by atoms with van der Waals surface area (Å²) >= 11 is 5.65. The fraction of sp³-hybridized carbons (Fsp3) is 0.143. The van der Waals surface area contributed by atoms with Crippen molar-refractivity contribution in [1.82, 2.24) is 0 Å². The van der Waals surface area contributed by atoms with Crippen LogP contribution in [-0.2, 0) is 10.0 Å². The number of nitrogens with one attached hydrogen (secondary N) is 1. The lowest BCUT2D eigenvalue weighted by Crippen LogP contribution is -2.12. The summed E-state index contributed by atoms with van der Waals surface area (Å²) in [4.78, 5) is -0.0685. The first-order chi connectivity index (χ1) is 5.95. The second-order valence-electron chi connectivity index (χ2n) is 2.44. The number of nitrogens with two attached hydrogens (primary N) is 1. The van der Waals surface area contributed by atoms with Gasteiger partial charge in [-0.2, -0.15) is 0 Å². The average molecular weight is 221 g/mol. The van der Waals surface area contributed by atoms with Crippen molar-refractivity contribution in [1.29, 1.82) is 0 Å². The van der Waals surface area contributed by atoms with Crippen molar-refractivity contribution >= 4 is 27.3 Å². The van der Waals surface area contributed by atoms with E-state index in [1.165, 1.54) is 12.1 Å². The first-order valence-electron chi connectivity index (χ1n) is 3.45. The second kappa shape index (κ2) is 3.53. The number of hydrogen-bond donors (Lipinski definition) is 2. The van der Waals surface area contributed by atoms with E-state index < -0.39 is 10.0 Å². The molecule has 0 saturated carbocycles. The summed E-state index contributed by atoms with van der Waals surface area (Å²) in [6, 6.07) is 4.53. The standard InChI is InChI=1S/C7H9ClN2O2S/c1-10-5-2-3-6(8)7(4-5)13(9,11)12/h2-4,10H,1H3,(H2,9,11,12). The van der Waals surface area contributed by atoms with Gasteiger partial charge in [0.1, 0.15) is 4.90 Å². The van der Waals surface area contributed by atoms with Gasteiger partial charge in [-0.25, -0.2) is 13.6 Å². The third kappa shape index (κ3) is 2.33. The Kier molecular flexibility index (Phi) is 2.80. The predicted octanol–water partition coefficient (Wildman–Crippen LogP) is 1.03. The monoisotopic (exact) mass is 220 g/mol. The zero-order valence-corrected chi connectivity index (χ0v) is 8.48. The maximum absolute atomic E-state index is 11.0. The van der Waals surface area contributed by atoms with E-state index in [1.807, 2.05) is 0 Å². The molecule has 1 aromatic carbocycles. The van der Waals surface area contributed by atoms with E-state index in [-0.39, 0.29) is 9.92 Å². The molecular weight excluding hydrogens is 212 g/mol. The van der Waals surface area contributed by atoms with Gasteiger partial charge in [0, 0.05) is 12.7 Å². The van der Waals surface area contributed by atoms with Crippen molar-refractivity contribution < 1.29 is 8.42 Å². The van der Waals surface area contributed by atoms with E-state index in [2.05, 4.69) is 5.32 Å². The van der Waals surface area contributed by atoms with Crippen LogP contribution in [0.15, 0.2) is 23.1 Å². The quantitative estimate of drug-likeness (QED) is 0.782. The Morgan fingerprint density at radius 2 is 2.08 bits per heavy atom. The summed E-state index contributed by atoms with van der Waals surface area (Å²) in [6.45, 7) is 0. The molecule has 0 saturated heterocycles. The first kappa shape index (κ1) is 10.3. The third-order valence-electron chi connectivity index (χ3n) is 1.53. The molecule has 0 heterocycles. The van der Waals surface area contributed by atoms with Crippen molar-refractivity contribution in [2.24, 2.45) is 5.14 Å². The number of primary sulfonamides is 1. The summed E-state index contributed by atoms with van der Waals surface area (Å²) in [5, 5.41) is 7.86. The van der Waals surface area contributed by atoms with Crippen LogP contribution in [0.1, 0.15) is 0 Å². The van der Waals surface area contributed by atoms with Crippen molar-refractivity contribution in [3.8, 4) is 0 Å². The molecule has 1 rings (SSSR count). The van der Waals surface area contributed by atoms with Crippen LogP contribution in [-0.4, -0.2) is 15.5 Å². The van der Waals surface area contributed by atoms with Gasteiger partial charge in [0.15, 0.2) is 0 Å². The number of sulfonamides is 1. The van der Waals surface area contributed by atoms with Crippen LogP contribution < -0.4 is 10.5 Å². The molecule has 0 aromatic heterocycles. The van der Waals surface area contributed by atoms with E-state index in [1.54, 1.807) is 13.1 Å². The molecule has 0 aliphatic rings. The second-order valence-corrected chi connectivity index (χ2v) is 4.38. The van der Waals surface area contributed by atoms with Gasteiger partial charge in [-0.05, 0) is 18.2 Å². The summed E-state index contributed by atoms with van der Waals surface area (Å²) < 4.78 is 22.0. The van der Waals surface area contributed by atoms with Gasteiger partial charge < -0.3 is 5.32 Å². The van der Waals surface area contributed by atoms with Crippen LogP contribution in [0.2, 0.25) is 5.02 Å². The Morgan fingerprint density at radius 1 is 1.46 bits per heavy atom. The van der Waals surface area contributed by atoms with E-state index in [9.17, 15) is 8.42 Å². The molecular formula is C7H9ClN2O2S. The highest BCUT2D eigenvalue weighted by molar-refractivity contribution is 7.89. The molecule has 0 radical (unpaired) electrons. The minimum absolute atomic E-state index is 0.0685. The van der Waals surface area contributed by atoms with E-state index in [0.717, 1.165) is 0 Å². The molecule has 0 bridgehead atoms. The molecule has 1 aromatic rings. The molecule has 0 spiro atoms. The minimum atomic E-state index is -3.74. The maximum atomic E-state index is 11.0. The van der Waals surface area contributed by atoms with Gasteiger partial charge in [0.2, 0.25) is 10.0 Å². The lowest BCUT2D eigenvalue weighted by Gasteiger charge is -2.04. The van der Waals surface area contributed by atoms with Crippen LogP contribution >= 0.6 is 11.6 Å². The predicted molar refractivity (Wildman–Crippen MR) is 52.4 cm³/mol. The molecule has 13 heavy (non-hydrogen) atoms. The number of halogens is 1. The van der Waals surface area contributed by atoms with E-state index >= 15 is 0 Å². The van der Waals surface area contributed by atoms with Gasteiger partial charge in [0.05, 0.1) is 5.02 Å². The normalized spacial score (nSPS) is 11.3. The number of rotatable bonds is 2. The highest BCUT2D eigenvalue weighted by Crippen LogP contribution is 2.23. The Bertz CT molecular complexity index is 417. The van der Waals surface area contributed by atoms with Crippen molar-refractivity contribution in [3.05, 3.63) is 23.2 Å². The Labute approximate surface area is 81.8 Å². The average Bonchev–Trinajstić information content (AvgIpc) is 2.03. The SMILES string of the molecule is CNc1ccc(Cl)c(S(N)(=O)=O)c1. The Morgan fingerprint density at radius 3 is 2.54 bits per heavy atom. The zero-order valence-electron chi connectivity index (χ0n) is 6.91. The third-order valence-corrected chi connectivity index (χ3v) is 2.92. The summed E-state index contributed by atoms with van der Waals surface area (Å²) in [5.74, 6) is 0. The Hall–Kier alpha value is -0.780. The fourth-order valence-electron chi connectivity index (χ4n) is 0.877. The molecule has 0 amide bonds. The summed E-state index contributed by atoms with van der Waals surface area (Å²) in [5.41, 5.74) is 0.647. The summed E-state index contributed by atoms with van der Waals surface area (Å²) in [6.07, 6.45) is 0. The Balaban J connectivity index is 3.36. The van der Waals surface area contributed by atoms with Crippen molar-refractivity contribution in [2.45, 2.75) is 4.90 Å². The lowest BCUT2D eigenvalue weighted by atomic mass is 10.3. The number of anilines is 1. The number of hydrogen-bond acceptors (Lipinski definition) is 3. The largest absolute Gasteiger partial charge is 0.388 e. The topological polar surface area (TPSA) is 72.2 Å². The molecule has 0 aliphatic carbocycles. The van der Waals surface area contributed by atoms with Crippen molar-refractivity contribution in [3.63, 3.8) is 0 Å². The van der Waals surface area contributed by atoms with Crippen LogP contribution in [0, 0.1) is 0 Å². The zero-order chi connectivity index (χ0) is 10.1. The first-order valence-corrected chi connectivity index (χ1v) is 5.37. The molecule has 72 valence electrons. The number of benzene rings is 1. The van der Waals surface area contributed by atoms with Gasteiger partial charge in [-0.1, -0.05) is 11.6 Å². The molecule has 3 N–H and O–H groups in total. The van der Waals surface area contributed by atoms with E-state index in [0.29, 0.717) is 5.69 Å². The lowest BCUT2D eigenvalue weighted by molar-refractivity contribution is 0.598. The molecule has 0 unspecified atom stereocenters. The van der Waals surface area contributed by atoms with Crippen LogP contribution in [0.3, 0.4) is 0 Å². The highest BCUT2D eigenvalue weighted by atomic mass is 35.5. The molecule has 0 aliphatic heterocycles. The van der Waals surface area contributed by atoms with Crippen LogP contribution in [0.25, 0.3) is 0 Å². The van der Waals surface area contributed by atoms with Crippen LogP contribution in [0.5, 0.6) is 0 Å². The molecule has 0 atom stereocenters. The molecule has 0 fully saturated rings. The highest BCUT2D eigenvalue weighted by Gasteiger charge is 2.12. The van der Waals surface area contributed by atoms with Gasteiger partial charge in [0.25, 0.3) is 0 Å².